The number of hydrogen-bond donors (Lipinski definition) is 2. The minimum absolute atomic E-state index is 0.0901. The van der Waals surface area contributed by atoms with Gasteiger partial charge in [-0.3, -0.25) is 4.72 Å². The van der Waals surface area contributed by atoms with Gasteiger partial charge in [-0.25, -0.2) is 13.4 Å². The van der Waals surface area contributed by atoms with Crippen LogP contribution in [0, 0.1) is 0 Å². The number of rotatable bonds is 5. The summed E-state index contributed by atoms with van der Waals surface area (Å²) >= 11 is 4.64. The number of sulfonamides is 1. The number of halogens is 3. The second-order valence-electron chi connectivity index (χ2n) is 3.88. The number of pyridine rings is 1. The molecular weight excluding hydrogens is 315 g/mol. The van der Waals surface area contributed by atoms with Crippen molar-refractivity contribution in [3.8, 4) is 0 Å². The second kappa shape index (κ2) is 5.92. The van der Waals surface area contributed by atoms with E-state index in [9.17, 15) is 21.6 Å². The summed E-state index contributed by atoms with van der Waals surface area (Å²) in [6.07, 6.45) is -3.65. The lowest BCUT2D eigenvalue weighted by Crippen LogP contribution is -2.37. The number of hydrogen-bond acceptors (Lipinski definition) is 4. The van der Waals surface area contributed by atoms with Crippen LogP contribution in [-0.4, -0.2) is 23.6 Å². The fourth-order valence-corrected chi connectivity index (χ4v) is 3.31. The average Bonchev–Trinajstić information content (AvgIpc) is 2.27. The van der Waals surface area contributed by atoms with Gasteiger partial charge in [0.1, 0.15) is 10.9 Å². The quantitative estimate of drug-likeness (QED) is 0.807. The van der Waals surface area contributed by atoms with Gasteiger partial charge in [0.15, 0.2) is 0 Å². The van der Waals surface area contributed by atoms with Crippen molar-refractivity contribution in [2.75, 3.05) is 4.72 Å². The van der Waals surface area contributed by atoms with Gasteiger partial charge >= 0.3 is 6.18 Å². The van der Waals surface area contributed by atoms with E-state index in [0.717, 1.165) is 12.3 Å². The van der Waals surface area contributed by atoms with Gasteiger partial charge in [0.25, 0.3) is 0 Å². The Labute approximate surface area is 119 Å². The van der Waals surface area contributed by atoms with E-state index in [0.29, 0.717) is 6.07 Å². The predicted molar refractivity (Wildman–Crippen MR) is 72.6 cm³/mol. The van der Waals surface area contributed by atoms with Crippen LogP contribution < -0.4 is 10.5 Å². The van der Waals surface area contributed by atoms with Gasteiger partial charge in [0.05, 0.1) is 16.9 Å². The number of alkyl halides is 3. The summed E-state index contributed by atoms with van der Waals surface area (Å²) in [5, 5.41) is -1.10. The van der Waals surface area contributed by atoms with E-state index in [1.807, 2.05) is 0 Å². The van der Waals surface area contributed by atoms with Gasteiger partial charge in [0, 0.05) is 0 Å². The molecule has 0 aliphatic carbocycles. The minimum Gasteiger partial charge on any atom is -0.392 e. The van der Waals surface area contributed by atoms with Crippen LogP contribution in [0.3, 0.4) is 0 Å². The number of nitrogens with two attached hydrogens (primary N) is 1. The first-order valence-electron chi connectivity index (χ1n) is 5.42. The molecule has 3 N–H and O–H groups in total. The van der Waals surface area contributed by atoms with Crippen molar-refractivity contribution >= 4 is 32.9 Å². The van der Waals surface area contributed by atoms with Crippen molar-refractivity contribution in [3.63, 3.8) is 0 Å². The Balaban J connectivity index is 2.96. The highest BCUT2D eigenvalue weighted by molar-refractivity contribution is 7.95. The molecule has 1 unspecified atom stereocenters. The Hall–Kier alpha value is -1.42. The normalized spacial score (nSPS) is 13.8. The molecule has 1 rings (SSSR count). The number of thiocarbonyl (C=S) groups is 1. The number of anilines is 1. The lowest BCUT2D eigenvalue weighted by molar-refractivity contribution is -0.141. The number of aromatic nitrogens is 1. The predicted octanol–water partition coefficient (Wildman–Crippen LogP) is 1.91. The van der Waals surface area contributed by atoms with Crippen LogP contribution in [0.4, 0.5) is 18.9 Å². The zero-order valence-corrected chi connectivity index (χ0v) is 11.9. The first-order valence-corrected chi connectivity index (χ1v) is 7.37. The SMILES string of the molecule is CCC(C(N)=S)S(=O)(=O)Nc1ccc(C(F)(F)F)nc1. The third-order valence-corrected chi connectivity index (χ3v) is 4.67. The maximum Gasteiger partial charge on any atom is 0.433 e. The molecule has 0 fully saturated rings. The zero-order chi connectivity index (χ0) is 15.6. The molecule has 1 aromatic rings. The summed E-state index contributed by atoms with van der Waals surface area (Å²) in [6.45, 7) is 1.58. The van der Waals surface area contributed by atoms with Crippen LogP contribution in [0.2, 0.25) is 0 Å². The van der Waals surface area contributed by atoms with Crippen LogP contribution in [0.25, 0.3) is 0 Å². The van der Waals surface area contributed by atoms with Crippen LogP contribution in [0.15, 0.2) is 18.3 Å². The van der Waals surface area contributed by atoms with Crippen molar-refractivity contribution in [1.29, 1.82) is 0 Å². The molecule has 0 aliphatic rings. The third-order valence-electron chi connectivity index (χ3n) is 2.38. The highest BCUT2D eigenvalue weighted by atomic mass is 32.2. The van der Waals surface area contributed by atoms with Gasteiger partial charge in [-0.05, 0) is 18.6 Å². The van der Waals surface area contributed by atoms with Crippen molar-refractivity contribution in [3.05, 3.63) is 24.0 Å². The number of nitrogens with zero attached hydrogens (tertiary/aromatic N) is 1. The zero-order valence-electron chi connectivity index (χ0n) is 10.3. The molecule has 0 radical (unpaired) electrons. The van der Waals surface area contributed by atoms with Gasteiger partial charge < -0.3 is 5.73 Å². The van der Waals surface area contributed by atoms with E-state index in [1.54, 1.807) is 6.92 Å². The maximum absolute atomic E-state index is 12.3. The molecule has 112 valence electrons. The third kappa shape index (κ3) is 4.04. The summed E-state index contributed by atoms with van der Waals surface area (Å²) in [5.41, 5.74) is 4.12. The smallest absolute Gasteiger partial charge is 0.392 e. The summed E-state index contributed by atoms with van der Waals surface area (Å²) in [6, 6.07) is 1.65. The van der Waals surface area contributed by atoms with E-state index in [2.05, 4.69) is 21.9 Å². The monoisotopic (exact) mass is 327 g/mol. The Morgan fingerprint density at radius 3 is 2.45 bits per heavy atom. The van der Waals surface area contributed by atoms with Crippen LogP contribution in [0.5, 0.6) is 0 Å². The van der Waals surface area contributed by atoms with E-state index in [-0.39, 0.29) is 17.1 Å². The van der Waals surface area contributed by atoms with Crippen LogP contribution >= 0.6 is 12.2 Å². The topological polar surface area (TPSA) is 85.1 Å². The molecule has 0 bridgehead atoms. The average molecular weight is 327 g/mol. The van der Waals surface area contributed by atoms with Crippen LogP contribution in [0.1, 0.15) is 19.0 Å². The molecule has 0 aliphatic heterocycles. The molecule has 0 aromatic carbocycles. The minimum atomic E-state index is -4.58. The van der Waals surface area contributed by atoms with Gasteiger partial charge in [0.2, 0.25) is 10.0 Å². The molecule has 0 saturated heterocycles. The standard InChI is InChI=1S/C10H12F3N3O2S2/c1-2-7(9(14)19)20(17,18)16-6-3-4-8(15-5-6)10(11,12)13/h3-5,7,16H,2H2,1H3,(H2,14,19). The fourth-order valence-electron chi connectivity index (χ4n) is 1.43. The van der Waals surface area contributed by atoms with Crippen molar-refractivity contribution in [2.24, 2.45) is 5.73 Å². The van der Waals surface area contributed by atoms with Crippen LogP contribution in [-0.2, 0) is 16.2 Å². The molecule has 1 aromatic heterocycles. The summed E-state index contributed by atoms with van der Waals surface area (Å²) < 4.78 is 62.9. The molecule has 10 heteroatoms. The Morgan fingerprint density at radius 1 is 1.50 bits per heavy atom. The van der Waals surface area contributed by atoms with Gasteiger partial charge in [-0.2, -0.15) is 13.2 Å². The largest absolute Gasteiger partial charge is 0.433 e. The molecule has 0 amide bonds. The van der Waals surface area contributed by atoms with E-state index >= 15 is 0 Å². The lowest BCUT2D eigenvalue weighted by atomic mass is 10.3. The second-order valence-corrected chi connectivity index (χ2v) is 6.21. The maximum atomic E-state index is 12.3. The first kappa shape index (κ1) is 16.6. The molecule has 20 heavy (non-hydrogen) atoms. The summed E-state index contributed by atoms with van der Waals surface area (Å²) in [7, 11) is -3.91. The molecule has 0 saturated carbocycles. The molecular formula is C10H12F3N3O2S2. The summed E-state index contributed by atoms with van der Waals surface area (Å²) in [4.78, 5) is 2.94. The van der Waals surface area contributed by atoms with E-state index < -0.39 is 27.1 Å². The first-order chi connectivity index (χ1) is 9.08. The van der Waals surface area contributed by atoms with E-state index in [4.69, 9.17) is 5.73 Å². The molecule has 0 spiro atoms. The number of nitrogens with one attached hydrogen (secondary N) is 1. The van der Waals surface area contributed by atoms with E-state index in [1.165, 1.54) is 0 Å². The molecule has 5 nitrogen and oxygen atoms in total. The molecule has 1 heterocycles. The van der Waals surface area contributed by atoms with Gasteiger partial charge in [-0.1, -0.05) is 19.1 Å². The summed E-state index contributed by atoms with van der Waals surface area (Å²) in [5.74, 6) is 0. The Kier molecular flexibility index (Phi) is 4.92. The highest BCUT2D eigenvalue weighted by Gasteiger charge is 2.32. The van der Waals surface area contributed by atoms with Crippen molar-refractivity contribution < 1.29 is 21.6 Å². The Morgan fingerprint density at radius 2 is 2.10 bits per heavy atom. The lowest BCUT2D eigenvalue weighted by Gasteiger charge is -2.16. The highest BCUT2D eigenvalue weighted by Crippen LogP contribution is 2.28. The van der Waals surface area contributed by atoms with Crippen molar-refractivity contribution in [2.45, 2.75) is 24.8 Å². The molecule has 1 atom stereocenters. The van der Waals surface area contributed by atoms with Gasteiger partial charge in [-0.15, -0.1) is 0 Å². The fraction of sp³-hybridized carbons (Fsp3) is 0.400. The van der Waals surface area contributed by atoms with Crippen molar-refractivity contribution in [1.82, 2.24) is 4.98 Å². The Bertz CT molecular complexity index is 585.